The number of hydrogen-bond acceptors (Lipinski definition) is 4. The summed E-state index contributed by atoms with van der Waals surface area (Å²) in [6.07, 6.45) is 0. The van der Waals surface area contributed by atoms with Gasteiger partial charge in [-0.25, -0.2) is 0 Å². The first-order chi connectivity index (χ1) is 8.40. The van der Waals surface area contributed by atoms with Crippen LogP contribution in [-0.2, 0) is 44.7 Å². The molecule has 7 heteroatoms. The number of rotatable bonds is 0. The predicted octanol–water partition coefficient (Wildman–Crippen LogP) is 3.87. The van der Waals surface area contributed by atoms with Gasteiger partial charge in [-0.1, -0.05) is 44.0 Å². The van der Waals surface area contributed by atoms with Gasteiger partial charge in [0.05, 0.1) is 0 Å². The minimum Gasteiger partial charge on any atom is -0.778 e. The topological polar surface area (TPSA) is 52.0 Å². The molecule has 0 spiro atoms. The number of anilines is 2. The van der Waals surface area contributed by atoms with Gasteiger partial charge in [0.25, 0.3) is 0 Å². The molecule has 0 radical (unpaired) electrons. The van der Waals surface area contributed by atoms with Crippen molar-refractivity contribution >= 4 is 68.5 Å². The zero-order valence-corrected chi connectivity index (χ0v) is 17.7. The Bertz CT molecular complexity index is 504. The second-order valence-corrected chi connectivity index (χ2v) is 6.08. The Hall–Kier alpha value is 0.0634. The molecule has 4 N–H and O–H groups in total. The van der Waals surface area contributed by atoms with Gasteiger partial charge in [-0.15, -0.1) is 0 Å². The molecule has 2 nitrogen and oxygen atoms in total. The Balaban J connectivity index is 0.000000324. The van der Waals surface area contributed by atoms with E-state index in [0.717, 1.165) is 8.95 Å². The molecule has 0 atom stereocenters. The second kappa shape index (κ2) is 9.08. The van der Waals surface area contributed by atoms with Crippen molar-refractivity contribution in [3.8, 4) is 0 Å². The fourth-order valence-electron chi connectivity index (χ4n) is 1.02. The van der Waals surface area contributed by atoms with Crippen molar-refractivity contribution in [1.29, 1.82) is 0 Å². The van der Waals surface area contributed by atoms with Crippen LogP contribution in [0.5, 0.6) is 0 Å². The molecule has 0 heterocycles. The molecule has 0 saturated heterocycles. The zero-order valence-electron chi connectivity index (χ0n) is 9.90. The summed E-state index contributed by atoms with van der Waals surface area (Å²) in [5.41, 5.74) is 12.2. The Morgan fingerprint density at radius 1 is 0.737 bits per heavy atom. The number of nitrogen functional groups attached to an aromatic ring is 2. The van der Waals surface area contributed by atoms with Crippen LogP contribution >= 0.6 is 31.9 Å². The van der Waals surface area contributed by atoms with E-state index in [4.69, 9.17) is 36.7 Å². The maximum Gasteiger partial charge on any atom is 2.00 e. The van der Waals surface area contributed by atoms with Gasteiger partial charge in [0, 0.05) is 20.3 Å². The monoisotopic (exact) mass is 468 g/mol. The molecule has 0 aliphatic heterocycles. The van der Waals surface area contributed by atoms with Gasteiger partial charge in [0.1, 0.15) is 0 Å². The first kappa shape index (κ1) is 19.1. The van der Waals surface area contributed by atoms with Crippen LogP contribution in [0, 0.1) is 0 Å². The van der Waals surface area contributed by atoms with E-state index < -0.39 is 0 Å². The first-order valence-corrected chi connectivity index (χ1v) is 7.24. The van der Waals surface area contributed by atoms with E-state index in [0.29, 0.717) is 21.2 Å². The smallest absolute Gasteiger partial charge is 0.778 e. The molecule has 0 amide bonds. The molecule has 2 rings (SSSR count). The minimum atomic E-state index is 0. The maximum atomic E-state index is 5.46. The summed E-state index contributed by atoms with van der Waals surface area (Å²) in [5, 5.41) is 0. The van der Waals surface area contributed by atoms with Crippen molar-refractivity contribution < 1.29 is 19.5 Å². The zero-order chi connectivity index (χ0) is 13.7. The molecule has 0 unspecified atom stereocenters. The van der Waals surface area contributed by atoms with Gasteiger partial charge >= 0.3 is 19.5 Å². The molecule has 0 bridgehead atoms. The third kappa shape index (κ3) is 6.86. The molecule has 0 fully saturated rings. The van der Waals surface area contributed by atoms with Gasteiger partial charge in [-0.2, -0.15) is 9.79 Å². The quantitative estimate of drug-likeness (QED) is 0.348. The van der Waals surface area contributed by atoms with E-state index in [1.54, 1.807) is 12.1 Å². The molecule has 2 aromatic rings. The van der Waals surface area contributed by atoms with Gasteiger partial charge in [0.15, 0.2) is 0 Å². The van der Waals surface area contributed by atoms with Crippen LogP contribution in [0.2, 0.25) is 0 Å². The molecular weight excluding hydrogens is 461 g/mol. The molecular formula is C12H10Br2N2S2Zn. The second-order valence-electron chi connectivity index (χ2n) is 3.36. The van der Waals surface area contributed by atoms with Gasteiger partial charge in [-0.05, 0) is 24.3 Å². The summed E-state index contributed by atoms with van der Waals surface area (Å²) in [5.74, 6) is 0. The summed E-state index contributed by atoms with van der Waals surface area (Å²) in [6, 6.07) is 10.9. The average Bonchev–Trinajstić information content (AvgIpc) is 2.30. The van der Waals surface area contributed by atoms with E-state index in [1.165, 1.54) is 0 Å². The largest absolute Gasteiger partial charge is 2.00 e. The van der Waals surface area contributed by atoms with Crippen LogP contribution in [-0.4, -0.2) is 0 Å². The van der Waals surface area contributed by atoms with Crippen molar-refractivity contribution in [3.05, 3.63) is 45.3 Å². The number of hydrogen-bond donors (Lipinski definition) is 2. The molecule has 96 valence electrons. The van der Waals surface area contributed by atoms with E-state index >= 15 is 0 Å². The summed E-state index contributed by atoms with van der Waals surface area (Å²) >= 11 is 16.3. The van der Waals surface area contributed by atoms with E-state index in [2.05, 4.69) is 31.9 Å². The molecule has 19 heavy (non-hydrogen) atoms. The molecule has 0 aliphatic carbocycles. The minimum absolute atomic E-state index is 0. The third-order valence-electron chi connectivity index (χ3n) is 1.95. The third-order valence-corrected chi connectivity index (χ3v) is 3.64. The average molecular weight is 472 g/mol. The van der Waals surface area contributed by atoms with Crippen molar-refractivity contribution in [2.75, 3.05) is 11.5 Å². The van der Waals surface area contributed by atoms with Crippen LogP contribution in [0.15, 0.2) is 55.1 Å². The van der Waals surface area contributed by atoms with Crippen molar-refractivity contribution in [2.24, 2.45) is 0 Å². The molecule has 0 aliphatic rings. The Morgan fingerprint density at radius 2 is 1.05 bits per heavy atom. The maximum absolute atomic E-state index is 5.46. The normalized spacial score (nSPS) is 8.95. The van der Waals surface area contributed by atoms with E-state index in [1.807, 2.05) is 24.3 Å². The summed E-state index contributed by atoms with van der Waals surface area (Å²) in [4.78, 5) is 1.40. The SMILES string of the molecule is Nc1ccc(Br)cc1[S-].Nc1ccc(Br)cc1[S-].[Zn+2]. The predicted molar refractivity (Wildman–Crippen MR) is 88.4 cm³/mol. The standard InChI is InChI=1S/2C6H6BrNS.Zn/c2*7-4-1-2-5(8)6(9)3-4;/h2*1-3,9H,8H2;/q;;+2/p-2. The van der Waals surface area contributed by atoms with Gasteiger partial charge < -0.3 is 36.7 Å². The Labute approximate surface area is 153 Å². The fraction of sp³-hybridized carbons (Fsp3) is 0. The Morgan fingerprint density at radius 3 is 1.26 bits per heavy atom. The van der Waals surface area contributed by atoms with Gasteiger partial charge in [0.2, 0.25) is 0 Å². The number of halogens is 2. The molecule has 0 aromatic heterocycles. The van der Waals surface area contributed by atoms with Crippen molar-refractivity contribution in [3.63, 3.8) is 0 Å². The molecule has 2 aromatic carbocycles. The van der Waals surface area contributed by atoms with Crippen LogP contribution in [0.3, 0.4) is 0 Å². The van der Waals surface area contributed by atoms with Crippen LogP contribution < -0.4 is 11.5 Å². The number of nitrogens with two attached hydrogens (primary N) is 2. The molecule has 0 saturated carbocycles. The van der Waals surface area contributed by atoms with Crippen molar-refractivity contribution in [1.82, 2.24) is 0 Å². The fourth-order valence-corrected chi connectivity index (χ4v) is 2.43. The summed E-state index contributed by atoms with van der Waals surface area (Å²) < 4.78 is 1.95. The van der Waals surface area contributed by atoms with Crippen molar-refractivity contribution in [2.45, 2.75) is 9.79 Å². The Kier molecular flexibility index (Phi) is 9.11. The van der Waals surface area contributed by atoms with E-state index in [-0.39, 0.29) is 19.5 Å². The first-order valence-electron chi connectivity index (χ1n) is 4.84. The van der Waals surface area contributed by atoms with E-state index in [9.17, 15) is 0 Å². The van der Waals surface area contributed by atoms with Gasteiger partial charge in [-0.3, -0.25) is 0 Å². The summed E-state index contributed by atoms with van der Waals surface area (Å²) in [6.45, 7) is 0. The number of benzene rings is 2. The summed E-state index contributed by atoms with van der Waals surface area (Å²) in [7, 11) is 0. The van der Waals surface area contributed by atoms with Crippen LogP contribution in [0.25, 0.3) is 0 Å². The van der Waals surface area contributed by atoms with Crippen LogP contribution in [0.4, 0.5) is 11.4 Å². The van der Waals surface area contributed by atoms with Crippen LogP contribution in [0.1, 0.15) is 0 Å².